The minimum Gasteiger partial charge on any atom is -0.456 e. The molecule has 0 fully saturated rings. The van der Waals surface area contributed by atoms with Crippen molar-refractivity contribution in [1.82, 2.24) is 14.5 Å². The number of fused-ring (bicyclic) bond motifs is 6. The average Bonchev–Trinajstić information content (AvgIpc) is 3.73. The standard InChI is InChI=1S/C46H29N3O/c1-3-12-30(13-4-1)31-14-11-15-34(26-31)46-47-40(29-41(48-46)33-23-25-39-38-19-8-10-21-44(38)50-45(39)28-33)32-22-24-37-36-18-7-9-20-42(36)49(43(37)27-32)35-16-5-2-6-17-35/h1-29H. The Morgan fingerprint density at radius 1 is 0.360 bits per heavy atom. The molecule has 3 heterocycles. The lowest BCUT2D eigenvalue weighted by molar-refractivity contribution is 0.669. The SMILES string of the molecule is c1ccc(-c2cccc(-c3nc(-c4ccc5c(c4)oc4ccccc45)cc(-c4ccc5c6ccccc6n(-c6ccccc6)c5c4)n3)c2)cc1. The number of furan rings is 1. The summed E-state index contributed by atoms with van der Waals surface area (Å²) in [5, 5.41) is 4.62. The van der Waals surface area contributed by atoms with Crippen molar-refractivity contribution in [3.63, 3.8) is 0 Å². The molecular formula is C46H29N3O. The fourth-order valence-corrected chi connectivity index (χ4v) is 7.21. The molecule has 0 N–H and O–H groups in total. The van der Waals surface area contributed by atoms with E-state index < -0.39 is 0 Å². The van der Waals surface area contributed by atoms with Gasteiger partial charge in [-0.05, 0) is 65.7 Å². The van der Waals surface area contributed by atoms with Crippen molar-refractivity contribution in [1.29, 1.82) is 0 Å². The highest BCUT2D eigenvalue weighted by Gasteiger charge is 2.17. The topological polar surface area (TPSA) is 43.9 Å². The van der Waals surface area contributed by atoms with Gasteiger partial charge in [-0.15, -0.1) is 0 Å². The molecular weight excluding hydrogens is 611 g/mol. The second-order valence-corrected chi connectivity index (χ2v) is 12.6. The fourth-order valence-electron chi connectivity index (χ4n) is 7.21. The minimum absolute atomic E-state index is 0.670. The van der Waals surface area contributed by atoms with Crippen LogP contribution >= 0.6 is 0 Å². The largest absolute Gasteiger partial charge is 0.456 e. The van der Waals surface area contributed by atoms with Crippen molar-refractivity contribution in [2.45, 2.75) is 0 Å². The van der Waals surface area contributed by atoms with Crippen LogP contribution in [-0.2, 0) is 0 Å². The second-order valence-electron chi connectivity index (χ2n) is 12.6. The molecule has 0 saturated carbocycles. The molecule has 0 aliphatic carbocycles. The summed E-state index contributed by atoms with van der Waals surface area (Å²) < 4.78 is 8.64. The number of para-hydroxylation sites is 3. The Morgan fingerprint density at radius 3 is 1.78 bits per heavy atom. The normalized spacial score (nSPS) is 11.6. The van der Waals surface area contributed by atoms with E-state index in [9.17, 15) is 0 Å². The highest BCUT2D eigenvalue weighted by atomic mass is 16.3. The molecule has 4 nitrogen and oxygen atoms in total. The maximum Gasteiger partial charge on any atom is 0.160 e. The Balaban J connectivity index is 1.19. The lowest BCUT2D eigenvalue weighted by Gasteiger charge is -2.12. The van der Waals surface area contributed by atoms with Gasteiger partial charge in [0.15, 0.2) is 5.82 Å². The number of hydrogen-bond donors (Lipinski definition) is 0. The van der Waals surface area contributed by atoms with Crippen molar-refractivity contribution >= 4 is 43.7 Å². The molecule has 0 aliphatic rings. The van der Waals surface area contributed by atoms with Crippen LogP contribution in [0.2, 0.25) is 0 Å². The van der Waals surface area contributed by atoms with Crippen molar-refractivity contribution in [2.75, 3.05) is 0 Å². The van der Waals surface area contributed by atoms with Crippen LogP contribution in [0.3, 0.4) is 0 Å². The lowest BCUT2D eigenvalue weighted by atomic mass is 10.0. The molecule has 0 aliphatic heterocycles. The number of benzene rings is 7. The number of rotatable bonds is 5. The summed E-state index contributed by atoms with van der Waals surface area (Å²) in [5.74, 6) is 0.670. The lowest BCUT2D eigenvalue weighted by Crippen LogP contribution is -1.97. The quantitative estimate of drug-likeness (QED) is 0.188. The maximum absolute atomic E-state index is 6.30. The summed E-state index contributed by atoms with van der Waals surface area (Å²) in [5.41, 5.74) is 12.1. The summed E-state index contributed by atoms with van der Waals surface area (Å²) in [6.45, 7) is 0. The van der Waals surface area contributed by atoms with Crippen LogP contribution in [0.25, 0.3) is 94.5 Å². The van der Waals surface area contributed by atoms with Gasteiger partial charge in [-0.1, -0.05) is 121 Å². The van der Waals surface area contributed by atoms with Crippen LogP contribution in [0.15, 0.2) is 180 Å². The van der Waals surface area contributed by atoms with Crippen LogP contribution in [0, 0.1) is 0 Å². The summed E-state index contributed by atoms with van der Waals surface area (Å²) in [7, 11) is 0. The van der Waals surface area contributed by atoms with Gasteiger partial charge in [0.25, 0.3) is 0 Å². The molecule has 0 radical (unpaired) electrons. The first-order chi connectivity index (χ1) is 24.8. The number of hydrogen-bond acceptors (Lipinski definition) is 3. The van der Waals surface area contributed by atoms with Crippen LogP contribution in [0.5, 0.6) is 0 Å². The monoisotopic (exact) mass is 639 g/mol. The maximum atomic E-state index is 6.30. The molecule has 4 heteroatoms. The number of nitrogens with zero attached hydrogens (tertiary/aromatic N) is 3. The molecule has 10 aromatic rings. The van der Waals surface area contributed by atoms with E-state index in [0.29, 0.717) is 5.82 Å². The Morgan fingerprint density at radius 2 is 0.960 bits per heavy atom. The van der Waals surface area contributed by atoms with E-state index in [-0.39, 0.29) is 0 Å². The molecule has 0 saturated heterocycles. The Kier molecular flexibility index (Phi) is 6.46. The Hall–Kier alpha value is -6.78. The van der Waals surface area contributed by atoms with Gasteiger partial charge in [0.05, 0.1) is 22.4 Å². The van der Waals surface area contributed by atoms with E-state index >= 15 is 0 Å². The van der Waals surface area contributed by atoms with Gasteiger partial charge in [-0.25, -0.2) is 9.97 Å². The molecule has 234 valence electrons. The average molecular weight is 640 g/mol. The van der Waals surface area contributed by atoms with Gasteiger partial charge >= 0.3 is 0 Å². The first-order valence-corrected chi connectivity index (χ1v) is 16.8. The van der Waals surface area contributed by atoms with Crippen molar-refractivity contribution in [2.24, 2.45) is 0 Å². The van der Waals surface area contributed by atoms with Crippen molar-refractivity contribution < 1.29 is 4.42 Å². The predicted octanol–water partition coefficient (Wildman–Crippen LogP) is 12.1. The Labute approximate surface area is 288 Å². The molecule has 7 aromatic carbocycles. The van der Waals surface area contributed by atoms with Crippen LogP contribution in [0.1, 0.15) is 0 Å². The highest BCUT2D eigenvalue weighted by Crippen LogP contribution is 2.37. The van der Waals surface area contributed by atoms with E-state index in [1.165, 1.54) is 16.3 Å². The van der Waals surface area contributed by atoms with E-state index in [1.807, 2.05) is 24.3 Å². The third-order valence-corrected chi connectivity index (χ3v) is 9.61. The first kappa shape index (κ1) is 28.3. The van der Waals surface area contributed by atoms with Gasteiger partial charge in [0.1, 0.15) is 11.2 Å². The molecule has 10 rings (SSSR count). The smallest absolute Gasteiger partial charge is 0.160 e. The van der Waals surface area contributed by atoms with Gasteiger partial charge < -0.3 is 8.98 Å². The molecule has 0 unspecified atom stereocenters. The zero-order chi connectivity index (χ0) is 33.0. The molecule has 3 aromatic heterocycles. The molecule has 0 spiro atoms. The predicted molar refractivity (Wildman–Crippen MR) is 205 cm³/mol. The molecule has 50 heavy (non-hydrogen) atoms. The zero-order valence-corrected chi connectivity index (χ0v) is 27.0. The molecule has 0 amide bonds. The van der Waals surface area contributed by atoms with E-state index in [2.05, 4.69) is 156 Å². The Bertz CT molecular complexity index is 2870. The van der Waals surface area contributed by atoms with Gasteiger partial charge in [0, 0.05) is 43.9 Å². The van der Waals surface area contributed by atoms with E-state index in [0.717, 1.165) is 72.3 Å². The van der Waals surface area contributed by atoms with Crippen molar-refractivity contribution in [3.8, 4) is 50.7 Å². The summed E-state index contributed by atoms with van der Waals surface area (Å²) in [6.07, 6.45) is 0. The third-order valence-electron chi connectivity index (χ3n) is 9.61. The van der Waals surface area contributed by atoms with E-state index in [1.54, 1.807) is 0 Å². The molecule has 0 atom stereocenters. The van der Waals surface area contributed by atoms with Crippen LogP contribution in [-0.4, -0.2) is 14.5 Å². The first-order valence-electron chi connectivity index (χ1n) is 16.8. The summed E-state index contributed by atoms with van der Waals surface area (Å²) in [4.78, 5) is 10.4. The van der Waals surface area contributed by atoms with Gasteiger partial charge in [-0.3, -0.25) is 0 Å². The number of aromatic nitrogens is 3. The summed E-state index contributed by atoms with van der Waals surface area (Å²) >= 11 is 0. The third kappa shape index (κ3) is 4.69. The van der Waals surface area contributed by atoms with Crippen LogP contribution < -0.4 is 0 Å². The van der Waals surface area contributed by atoms with E-state index in [4.69, 9.17) is 14.4 Å². The van der Waals surface area contributed by atoms with Gasteiger partial charge in [-0.2, -0.15) is 0 Å². The van der Waals surface area contributed by atoms with Gasteiger partial charge in [0.2, 0.25) is 0 Å². The zero-order valence-electron chi connectivity index (χ0n) is 27.0. The highest BCUT2D eigenvalue weighted by molar-refractivity contribution is 6.10. The molecule has 0 bridgehead atoms. The van der Waals surface area contributed by atoms with Crippen molar-refractivity contribution in [3.05, 3.63) is 176 Å². The van der Waals surface area contributed by atoms with Crippen LogP contribution in [0.4, 0.5) is 0 Å². The fraction of sp³-hybridized carbons (Fsp3) is 0. The summed E-state index contributed by atoms with van der Waals surface area (Å²) in [6, 6.07) is 61.4. The second kappa shape index (κ2) is 11.4. The minimum atomic E-state index is 0.670.